The molecule has 7 nitrogen and oxygen atoms in total. The number of ether oxygens (including phenoxy) is 2. The van der Waals surface area contributed by atoms with Gasteiger partial charge in [0.25, 0.3) is 15.9 Å². The number of nitrogens with one attached hydrogen (secondary N) is 1. The first-order valence-corrected chi connectivity index (χ1v) is 12.0. The average molecular weight is 489 g/mol. The number of sulfonamides is 1. The molecule has 0 atom stereocenters. The minimum Gasteiger partial charge on any atom is -0.494 e. The Morgan fingerprint density at radius 2 is 1.58 bits per heavy atom. The quantitative estimate of drug-likeness (QED) is 0.463. The van der Waals surface area contributed by atoms with Crippen LogP contribution in [-0.2, 0) is 14.8 Å². The first-order valence-electron chi connectivity index (χ1n) is 10.2. The second kappa shape index (κ2) is 10.6. The average Bonchev–Trinajstić information content (AvgIpc) is 2.80. The summed E-state index contributed by atoms with van der Waals surface area (Å²) < 4.78 is 37.9. The summed E-state index contributed by atoms with van der Waals surface area (Å²) >= 11 is 6.13. The molecule has 0 bridgehead atoms. The van der Waals surface area contributed by atoms with Crippen LogP contribution in [0, 0.1) is 6.92 Å². The molecule has 0 fully saturated rings. The Morgan fingerprint density at radius 1 is 0.970 bits per heavy atom. The third-order valence-corrected chi connectivity index (χ3v) is 6.87. The summed E-state index contributed by atoms with van der Waals surface area (Å²) in [5.41, 5.74) is 1.95. The Kier molecular flexibility index (Phi) is 7.84. The zero-order valence-electron chi connectivity index (χ0n) is 18.5. The summed E-state index contributed by atoms with van der Waals surface area (Å²) in [7, 11) is -2.27. The third kappa shape index (κ3) is 6.18. The van der Waals surface area contributed by atoms with E-state index in [1.54, 1.807) is 48.5 Å². The first-order chi connectivity index (χ1) is 15.7. The van der Waals surface area contributed by atoms with Crippen LogP contribution >= 0.6 is 11.6 Å². The van der Waals surface area contributed by atoms with Crippen LogP contribution in [-0.4, -0.2) is 34.6 Å². The van der Waals surface area contributed by atoms with Crippen molar-refractivity contribution in [2.75, 3.05) is 29.9 Å². The van der Waals surface area contributed by atoms with Gasteiger partial charge in [-0.2, -0.15) is 0 Å². The van der Waals surface area contributed by atoms with Crippen molar-refractivity contribution in [3.8, 4) is 11.5 Å². The van der Waals surface area contributed by atoms with Crippen LogP contribution in [0.1, 0.15) is 12.5 Å². The maximum atomic E-state index is 12.9. The van der Waals surface area contributed by atoms with Crippen molar-refractivity contribution in [2.45, 2.75) is 18.7 Å². The highest BCUT2D eigenvalue weighted by Gasteiger charge is 2.21. The number of hydrogen-bond acceptors (Lipinski definition) is 5. The number of aryl methyl sites for hydroxylation is 1. The van der Waals surface area contributed by atoms with Crippen molar-refractivity contribution < 1.29 is 22.7 Å². The lowest BCUT2D eigenvalue weighted by atomic mass is 10.2. The number of anilines is 2. The lowest BCUT2D eigenvalue weighted by Gasteiger charge is -2.20. The van der Waals surface area contributed by atoms with Gasteiger partial charge < -0.3 is 14.8 Å². The Labute approximate surface area is 198 Å². The molecule has 3 rings (SSSR count). The Balaban J connectivity index is 1.61. The molecule has 0 aliphatic rings. The number of rotatable bonds is 9. The molecule has 0 heterocycles. The number of carbonyl (C=O) groups excluding carboxylic acids is 1. The third-order valence-electron chi connectivity index (χ3n) is 4.76. The molecule has 0 aromatic heterocycles. The molecule has 0 saturated carbocycles. The summed E-state index contributed by atoms with van der Waals surface area (Å²) in [6.45, 7) is 4.05. The van der Waals surface area contributed by atoms with Crippen LogP contribution in [0.15, 0.2) is 71.6 Å². The van der Waals surface area contributed by atoms with Gasteiger partial charge in [0.2, 0.25) is 0 Å². The van der Waals surface area contributed by atoms with Crippen molar-refractivity contribution in [1.82, 2.24) is 0 Å². The first kappa shape index (κ1) is 24.4. The van der Waals surface area contributed by atoms with Crippen LogP contribution in [0.5, 0.6) is 11.5 Å². The summed E-state index contributed by atoms with van der Waals surface area (Å²) in [6.07, 6.45) is 0. The van der Waals surface area contributed by atoms with Gasteiger partial charge in [-0.3, -0.25) is 9.10 Å². The van der Waals surface area contributed by atoms with Gasteiger partial charge in [0.15, 0.2) is 6.61 Å². The van der Waals surface area contributed by atoms with Crippen molar-refractivity contribution in [3.05, 3.63) is 77.3 Å². The summed E-state index contributed by atoms with van der Waals surface area (Å²) in [4.78, 5) is 12.3. The van der Waals surface area contributed by atoms with E-state index in [0.29, 0.717) is 34.5 Å². The van der Waals surface area contributed by atoms with Crippen LogP contribution in [0.4, 0.5) is 11.4 Å². The maximum absolute atomic E-state index is 12.9. The minimum absolute atomic E-state index is 0.153. The molecule has 9 heteroatoms. The molecule has 0 aliphatic heterocycles. The maximum Gasteiger partial charge on any atom is 0.264 e. The number of hydrogen-bond donors (Lipinski definition) is 1. The van der Waals surface area contributed by atoms with E-state index < -0.39 is 10.0 Å². The lowest BCUT2D eigenvalue weighted by molar-refractivity contribution is -0.118. The predicted molar refractivity (Wildman–Crippen MR) is 130 cm³/mol. The largest absolute Gasteiger partial charge is 0.494 e. The van der Waals surface area contributed by atoms with Crippen molar-refractivity contribution >= 4 is 38.9 Å². The predicted octanol–water partition coefficient (Wildman–Crippen LogP) is 4.89. The van der Waals surface area contributed by atoms with Gasteiger partial charge in [-0.25, -0.2) is 8.42 Å². The molecule has 1 amide bonds. The Hall–Kier alpha value is -3.23. The molecule has 1 N–H and O–H groups in total. The number of carbonyl (C=O) groups is 1. The Bertz CT molecular complexity index is 1210. The lowest BCUT2D eigenvalue weighted by Crippen LogP contribution is -2.26. The molecule has 0 radical (unpaired) electrons. The van der Waals surface area contributed by atoms with E-state index in [0.717, 1.165) is 5.56 Å². The molecule has 0 aliphatic carbocycles. The number of nitrogens with zero attached hydrogens (tertiary/aromatic N) is 1. The Morgan fingerprint density at radius 3 is 2.18 bits per heavy atom. The fourth-order valence-electron chi connectivity index (χ4n) is 2.98. The van der Waals surface area contributed by atoms with Gasteiger partial charge in [0, 0.05) is 7.05 Å². The van der Waals surface area contributed by atoms with Gasteiger partial charge in [0.1, 0.15) is 11.5 Å². The standard InChI is InChI=1S/C24H25ClN2O5S/c1-4-31-19-10-12-21(13-11-19)33(29,30)27(3)18-6-8-20(9-7-18)32-16-24(28)26-23-14-5-17(2)15-22(23)25/h5-15H,4,16H2,1-3H3,(H,26,28). The van der Waals surface area contributed by atoms with Crippen molar-refractivity contribution in [1.29, 1.82) is 0 Å². The molecule has 174 valence electrons. The molecule has 3 aromatic carbocycles. The molecule has 33 heavy (non-hydrogen) atoms. The molecular weight excluding hydrogens is 464 g/mol. The van der Waals surface area contributed by atoms with E-state index in [1.807, 2.05) is 19.9 Å². The van der Waals surface area contributed by atoms with Crippen LogP contribution < -0.4 is 19.1 Å². The zero-order chi connectivity index (χ0) is 24.0. The molecule has 0 unspecified atom stereocenters. The van der Waals surface area contributed by atoms with Crippen molar-refractivity contribution in [2.24, 2.45) is 0 Å². The van der Waals surface area contributed by atoms with Gasteiger partial charge in [-0.15, -0.1) is 0 Å². The molecule has 0 spiro atoms. The number of halogens is 1. The number of benzene rings is 3. The fourth-order valence-corrected chi connectivity index (χ4v) is 4.46. The summed E-state index contributed by atoms with van der Waals surface area (Å²) in [5.74, 6) is 0.671. The zero-order valence-corrected chi connectivity index (χ0v) is 20.1. The molecule has 3 aromatic rings. The SMILES string of the molecule is CCOc1ccc(S(=O)(=O)N(C)c2ccc(OCC(=O)Nc3ccc(C)cc3Cl)cc2)cc1. The van der Waals surface area contributed by atoms with Gasteiger partial charge in [-0.05, 0) is 80.1 Å². The van der Waals surface area contributed by atoms with E-state index in [4.69, 9.17) is 21.1 Å². The van der Waals surface area contributed by atoms with E-state index in [9.17, 15) is 13.2 Å². The van der Waals surface area contributed by atoms with E-state index >= 15 is 0 Å². The molecule has 0 saturated heterocycles. The van der Waals surface area contributed by atoms with Gasteiger partial charge >= 0.3 is 0 Å². The molecular formula is C24H25ClN2O5S. The highest BCUT2D eigenvalue weighted by Crippen LogP contribution is 2.26. The smallest absolute Gasteiger partial charge is 0.264 e. The van der Waals surface area contributed by atoms with E-state index in [2.05, 4.69) is 5.32 Å². The highest BCUT2D eigenvalue weighted by atomic mass is 35.5. The van der Waals surface area contributed by atoms with Gasteiger partial charge in [0.05, 0.1) is 27.9 Å². The van der Waals surface area contributed by atoms with Gasteiger partial charge in [-0.1, -0.05) is 17.7 Å². The monoisotopic (exact) mass is 488 g/mol. The van der Waals surface area contributed by atoms with Crippen LogP contribution in [0.2, 0.25) is 5.02 Å². The van der Waals surface area contributed by atoms with Crippen LogP contribution in [0.25, 0.3) is 0 Å². The number of amides is 1. The topological polar surface area (TPSA) is 84.9 Å². The van der Waals surface area contributed by atoms with E-state index in [-0.39, 0.29) is 17.4 Å². The second-order valence-corrected chi connectivity index (χ2v) is 9.57. The normalized spacial score (nSPS) is 11.0. The second-order valence-electron chi connectivity index (χ2n) is 7.19. The minimum atomic E-state index is -3.74. The fraction of sp³-hybridized carbons (Fsp3) is 0.208. The van der Waals surface area contributed by atoms with E-state index in [1.165, 1.54) is 23.5 Å². The van der Waals surface area contributed by atoms with Crippen molar-refractivity contribution in [3.63, 3.8) is 0 Å². The van der Waals surface area contributed by atoms with Crippen LogP contribution in [0.3, 0.4) is 0 Å². The highest BCUT2D eigenvalue weighted by molar-refractivity contribution is 7.92. The summed E-state index contributed by atoms with van der Waals surface area (Å²) in [6, 6.07) is 18.0. The summed E-state index contributed by atoms with van der Waals surface area (Å²) in [5, 5.41) is 3.14.